The summed E-state index contributed by atoms with van der Waals surface area (Å²) in [5, 5.41) is 10.4. The lowest BCUT2D eigenvalue weighted by Crippen LogP contribution is -2.64. The van der Waals surface area contributed by atoms with Crippen LogP contribution in [-0.2, 0) is 18.9 Å². The van der Waals surface area contributed by atoms with Gasteiger partial charge in [-0.1, -0.05) is 39.8 Å². The molecule has 7 heteroatoms. The van der Waals surface area contributed by atoms with Gasteiger partial charge in [0.1, 0.15) is 24.1 Å². The summed E-state index contributed by atoms with van der Waals surface area (Å²) in [5.41, 5.74) is 6.84. The molecule has 2 saturated heterocycles. The summed E-state index contributed by atoms with van der Waals surface area (Å²) < 4.78 is 27.9. The first-order valence-electron chi connectivity index (χ1n) is 9.75. The van der Waals surface area contributed by atoms with Crippen molar-refractivity contribution in [3.05, 3.63) is 29.8 Å². The summed E-state index contributed by atoms with van der Waals surface area (Å²) in [4.78, 5) is 0. The molecule has 7 nitrogen and oxygen atoms in total. The van der Waals surface area contributed by atoms with Crippen LogP contribution in [0.3, 0.4) is 0 Å². The average Bonchev–Trinajstić information content (AvgIpc) is 2.75. The van der Waals surface area contributed by atoms with Gasteiger partial charge in [-0.3, -0.25) is 0 Å². The van der Waals surface area contributed by atoms with Crippen molar-refractivity contribution in [3.63, 3.8) is 0 Å². The van der Waals surface area contributed by atoms with Crippen molar-refractivity contribution < 1.29 is 28.8 Å². The summed E-state index contributed by atoms with van der Waals surface area (Å²) in [6.45, 7) is 10.6. The number of hydrogen-bond acceptors (Lipinski definition) is 7. The molecule has 0 saturated carbocycles. The highest BCUT2D eigenvalue weighted by Crippen LogP contribution is 2.34. The standard InChI is InChI=1S/C16H23NO6.2C2H6/c1-3-20-16-12(17)13(18)14-11(22-16)8-21-15(23-14)9-4-6-10(19-2)7-5-9;2*1-2/h4-7,11-16,18H,3,8,17H2,1-2H3;2*1-2H3. The maximum atomic E-state index is 10.4. The Morgan fingerprint density at radius 1 is 1.11 bits per heavy atom. The second-order valence-corrected chi connectivity index (χ2v) is 5.61. The van der Waals surface area contributed by atoms with E-state index in [-0.39, 0.29) is 0 Å². The predicted molar refractivity (Wildman–Crippen MR) is 104 cm³/mol. The Morgan fingerprint density at radius 3 is 2.30 bits per heavy atom. The molecule has 1 aromatic carbocycles. The van der Waals surface area contributed by atoms with Gasteiger partial charge in [-0.15, -0.1) is 0 Å². The molecule has 2 aliphatic rings. The highest BCUT2D eigenvalue weighted by atomic mass is 16.7. The Labute approximate surface area is 162 Å². The van der Waals surface area contributed by atoms with E-state index in [2.05, 4.69) is 0 Å². The molecule has 6 atom stereocenters. The van der Waals surface area contributed by atoms with E-state index in [0.717, 1.165) is 11.3 Å². The lowest BCUT2D eigenvalue weighted by Gasteiger charge is -2.46. The van der Waals surface area contributed by atoms with Crippen LogP contribution in [0, 0.1) is 0 Å². The van der Waals surface area contributed by atoms with Gasteiger partial charge in [0.15, 0.2) is 12.6 Å². The van der Waals surface area contributed by atoms with Crippen LogP contribution in [0.15, 0.2) is 24.3 Å². The molecule has 0 bridgehead atoms. The van der Waals surface area contributed by atoms with E-state index in [4.69, 9.17) is 29.4 Å². The molecule has 6 unspecified atom stereocenters. The number of hydrogen-bond donors (Lipinski definition) is 2. The summed E-state index contributed by atoms with van der Waals surface area (Å²) in [6.07, 6.45) is -3.06. The number of aliphatic hydroxyl groups is 1. The van der Waals surface area contributed by atoms with Gasteiger partial charge >= 0.3 is 0 Å². The van der Waals surface area contributed by atoms with Gasteiger partial charge in [0.25, 0.3) is 0 Å². The van der Waals surface area contributed by atoms with E-state index < -0.39 is 36.9 Å². The molecule has 156 valence electrons. The van der Waals surface area contributed by atoms with E-state index >= 15 is 0 Å². The summed E-state index contributed by atoms with van der Waals surface area (Å²) in [7, 11) is 1.61. The molecule has 0 amide bonds. The van der Waals surface area contributed by atoms with Crippen LogP contribution in [0.25, 0.3) is 0 Å². The molecule has 0 spiro atoms. The average molecular weight is 386 g/mol. The van der Waals surface area contributed by atoms with Crippen molar-refractivity contribution in [3.8, 4) is 5.75 Å². The molecule has 2 heterocycles. The van der Waals surface area contributed by atoms with Crippen molar-refractivity contribution in [1.29, 1.82) is 0 Å². The number of nitrogens with two attached hydrogens (primary N) is 1. The quantitative estimate of drug-likeness (QED) is 0.823. The van der Waals surface area contributed by atoms with Crippen LogP contribution in [0.2, 0.25) is 0 Å². The van der Waals surface area contributed by atoms with Gasteiger partial charge in [-0.2, -0.15) is 0 Å². The highest BCUT2D eigenvalue weighted by molar-refractivity contribution is 5.28. The fraction of sp³-hybridized carbons (Fsp3) is 0.700. The van der Waals surface area contributed by atoms with E-state index in [1.165, 1.54) is 0 Å². The fourth-order valence-electron chi connectivity index (χ4n) is 2.86. The molecule has 0 aliphatic carbocycles. The van der Waals surface area contributed by atoms with E-state index in [9.17, 15) is 5.11 Å². The lowest BCUT2D eigenvalue weighted by atomic mass is 9.96. The molecule has 0 aromatic heterocycles. The molecular weight excluding hydrogens is 350 g/mol. The summed E-state index contributed by atoms with van der Waals surface area (Å²) >= 11 is 0. The second kappa shape index (κ2) is 12.3. The van der Waals surface area contributed by atoms with Gasteiger partial charge < -0.3 is 34.5 Å². The molecule has 3 N–H and O–H groups in total. The first kappa shape index (κ1) is 23.8. The Balaban J connectivity index is 0.000000855. The molecule has 2 fully saturated rings. The Kier molecular flexibility index (Phi) is 10.8. The van der Waals surface area contributed by atoms with Crippen LogP contribution < -0.4 is 10.5 Å². The number of benzene rings is 1. The van der Waals surface area contributed by atoms with Crippen molar-refractivity contribution in [2.45, 2.75) is 71.6 Å². The van der Waals surface area contributed by atoms with Crippen LogP contribution in [0.1, 0.15) is 46.5 Å². The number of fused-ring (bicyclic) bond motifs is 1. The zero-order valence-electron chi connectivity index (χ0n) is 17.3. The molecular formula is C20H35NO6. The predicted octanol–water partition coefficient (Wildman–Crippen LogP) is 2.61. The first-order chi connectivity index (χ1) is 13.1. The molecule has 3 rings (SSSR count). The van der Waals surface area contributed by atoms with Crippen molar-refractivity contribution in [2.75, 3.05) is 20.3 Å². The molecule has 0 radical (unpaired) electrons. The minimum absolute atomic E-state index is 0.300. The SMILES string of the molecule is CC.CC.CCOC1OC2COC(c3ccc(OC)cc3)OC2C(O)C1N. The number of ether oxygens (including phenoxy) is 5. The summed E-state index contributed by atoms with van der Waals surface area (Å²) in [5.74, 6) is 0.755. The second-order valence-electron chi connectivity index (χ2n) is 5.61. The van der Waals surface area contributed by atoms with Gasteiger partial charge in [0.05, 0.1) is 19.8 Å². The van der Waals surface area contributed by atoms with E-state index in [0.29, 0.717) is 13.2 Å². The third kappa shape index (κ3) is 5.88. The Morgan fingerprint density at radius 2 is 1.74 bits per heavy atom. The van der Waals surface area contributed by atoms with Crippen molar-refractivity contribution in [1.82, 2.24) is 0 Å². The maximum Gasteiger partial charge on any atom is 0.184 e. The zero-order valence-corrected chi connectivity index (χ0v) is 17.3. The van der Waals surface area contributed by atoms with Crippen LogP contribution >= 0.6 is 0 Å². The van der Waals surface area contributed by atoms with Gasteiger partial charge in [-0.25, -0.2) is 0 Å². The largest absolute Gasteiger partial charge is 0.497 e. The first-order valence-corrected chi connectivity index (χ1v) is 9.75. The number of methoxy groups -OCH3 is 1. The highest BCUT2D eigenvalue weighted by Gasteiger charge is 2.48. The zero-order chi connectivity index (χ0) is 20.4. The van der Waals surface area contributed by atoms with E-state index in [1.54, 1.807) is 7.11 Å². The number of rotatable bonds is 4. The minimum Gasteiger partial charge on any atom is -0.497 e. The Bertz CT molecular complexity index is 510. The topological polar surface area (TPSA) is 92.4 Å². The molecule has 2 aliphatic heterocycles. The van der Waals surface area contributed by atoms with Gasteiger partial charge in [0, 0.05) is 12.2 Å². The van der Waals surface area contributed by atoms with Crippen LogP contribution in [-0.4, -0.2) is 56.1 Å². The fourth-order valence-corrected chi connectivity index (χ4v) is 2.86. The lowest BCUT2D eigenvalue weighted by molar-refractivity contribution is -0.341. The molecule has 1 aromatic rings. The van der Waals surface area contributed by atoms with Crippen molar-refractivity contribution in [2.24, 2.45) is 5.73 Å². The maximum absolute atomic E-state index is 10.4. The Hall–Kier alpha value is -1.22. The third-order valence-corrected chi connectivity index (χ3v) is 4.13. The van der Waals surface area contributed by atoms with Gasteiger partial charge in [0.2, 0.25) is 0 Å². The minimum atomic E-state index is -0.880. The molecule has 27 heavy (non-hydrogen) atoms. The van der Waals surface area contributed by atoms with Gasteiger partial charge in [-0.05, 0) is 19.1 Å². The van der Waals surface area contributed by atoms with Crippen LogP contribution in [0.4, 0.5) is 0 Å². The third-order valence-electron chi connectivity index (χ3n) is 4.13. The van der Waals surface area contributed by atoms with Crippen LogP contribution in [0.5, 0.6) is 5.75 Å². The summed E-state index contributed by atoms with van der Waals surface area (Å²) in [6, 6.07) is 6.73. The normalized spacial score (nSPS) is 32.1. The van der Waals surface area contributed by atoms with Crippen molar-refractivity contribution >= 4 is 0 Å². The number of aliphatic hydroxyl groups excluding tert-OH is 1. The smallest absolute Gasteiger partial charge is 0.184 e. The van der Waals surface area contributed by atoms with E-state index in [1.807, 2.05) is 58.9 Å². The monoisotopic (exact) mass is 385 g/mol.